The third kappa shape index (κ3) is 7.79. The Morgan fingerprint density at radius 3 is 2.20 bits per heavy atom. The van der Waals surface area contributed by atoms with E-state index in [0.717, 1.165) is 12.1 Å². The van der Waals surface area contributed by atoms with Gasteiger partial charge >= 0.3 is 29.6 Å². The number of methoxy groups -OCH3 is 1. The number of phenols is 3. The second kappa shape index (κ2) is 15.4. The molecule has 10 atom stereocenters. The van der Waals surface area contributed by atoms with Gasteiger partial charge in [0.2, 0.25) is 5.78 Å². The molecule has 0 saturated carbocycles. The number of phosphoric ester groups is 1. The number of aliphatic hydroxyl groups excluding tert-OH is 5. The first kappa shape index (κ1) is 39.0. The summed E-state index contributed by atoms with van der Waals surface area (Å²) in [7, 11) is -4.07. The van der Waals surface area contributed by atoms with Crippen molar-refractivity contribution in [3.63, 3.8) is 0 Å². The fourth-order valence-corrected chi connectivity index (χ4v) is 6.56. The fourth-order valence-electron chi connectivity index (χ4n) is 5.74. The molecule has 0 bridgehead atoms. The molecule has 3 heterocycles. The van der Waals surface area contributed by atoms with Crippen LogP contribution in [0.25, 0.3) is 0 Å². The molecule has 3 aromatic carbocycles. The van der Waals surface area contributed by atoms with Crippen LogP contribution in [-0.2, 0) is 18.3 Å². The van der Waals surface area contributed by atoms with Crippen LogP contribution in [0, 0.1) is 0 Å². The first-order valence-electron chi connectivity index (χ1n) is 14.9. The minimum Gasteiger partial charge on any atom is -0.756 e. The number of aliphatic hydroxyl groups is 5. The molecule has 1 saturated heterocycles. The number of aromatic hydroxyl groups is 3. The van der Waals surface area contributed by atoms with Crippen LogP contribution in [0.3, 0.4) is 0 Å². The summed E-state index contributed by atoms with van der Waals surface area (Å²) >= 11 is 0. The molecule has 0 spiro atoms. The molecule has 51 heavy (non-hydrogen) atoms. The number of ether oxygens (including phenoxy) is 5. The van der Waals surface area contributed by atoms with Crippen LogP contribution in [0.5, 0.6) is 40.2 Å². The number of hydrogen-bond acceptors (Lipinski definition) is 18. The molecule has 20 heteroatoms. The van der Waals surface area contributed by atoms with Gasteiger partial charge in [0.1, 0.15) is 47.2 Å². The normalized spacial score (nSPS) is 29.5. The predicted molar refractivity (Wildman–Crippen MR) is 161 cm³/mol. The minimum absolute atomic E-state index is 0. The Balaban J connectivity index is 0.00000504. The molecule has 3 aromatic rings. The summed E-state index contributed by atoms with van der Waals surface area (Å²) in [5.74, 6) is -2.06. The van der Waals surface area contributed by atoms with Gasteiger partial charge in [-0.1, -0.05) is 12.1 Å². The van der Waals surface area contributed by atoms with Crippen molar-refractivity contribution in [2.45, 2.75) is 55.1 Å². The van der Waals surface area contributed by atoms with Gasteiger partial charge in [0.15, 0.2) is 53.7 Å². The maximum absolute atomic E-state index is 13.0. The first-order valence-corrected chi connectivity index (χ1v) is 16.4. The van der Waals surface area contributed by atoms with Crippen LogP contribution in [0.1, 0.15) is 33.7 Å². The maximum Gasteiger partial charge on any atom is 1.00 e. The summed E-state index contributed by atoms with van der Waals surface area (Å²) in [5.41, 5.74) is 0.221. The molecule has 270 valence electrons. The van der Waals surface area contributed by atoms with E-state index in [0.29, 0.717) is 5.56 Å². The molecule has 2 unspecified atom stereocenters. The average molecular weight is 747 g/mol. The molecular weight excluding hydrogens is 714 g/mol. The molecular formula is C31H32NaO18P. The van der Waals surface area contributed by atoms with Gasteiger partial charge in [-0.05, 0) is 29.8 Å². The molecule has 8 N–H and O–H groups in total. The Kier molecular flexibility index (Phi) is 11.8. The summed E-state index contributed by atoms with van der Waals surface area (Å²) in [6.45, 7) is -1.60. The van der Waals surface area contributed by atoms with E-state index in [4.69, 9.17) is 32.7 Å². The fraction of sp³-hybridized carbons (Fsp3) is 0.387. The van der Waals surface area contributed by atoms with Gasteiger partial charge < -0.3 is 74.0 Å². The second-order valence-electron chi connectivity index (χ2n) is 11.6. The van der Waals surface area contributed by atoms with E-state index in [2.05, 4.69) is 0 Å². The summed E-state index contributed by atoms with van der Waals surface area (Å²) in [5, 5.41) is 80.5. The van der Waals surface area contributed by atoms with E-state index in [-0.39, 0.29) is 75.2 Å². The van der Waals surface area contributed by atoms with Gasteiger partial charge in [-0.15, -0.1) is 0 Å². The molecule has 3 aliphatic heterocycles. The molecule has 0 amide bonds. The van der Waals surface area contributed by atoms with Gasteiger partial charge in [0.25, 0.3) is 7.82 Å². The Morgan fingerprint density at radius 2 is 1.49 bits per heavy atom. The number of rotatable bonds is 9. The van der Waals surface area contributed by atoms with Crippen LogP contribution in [0.15, 0.2) is 48.5 Å². The van der Waals surface area contributed by atoms with Crippen molar-refractivity contribution >= 4 is 13.6 Å². The quantitative estimate of drug-likeness (QED) is 0.0785. The first-order chi connectivity index (χ1) is 23.7. The van der Waals surface area contributed by atoms with Crippen molar-refractivity contribution < 1.29 is 117 Å². The monoisotopic (exact) mass is 746 g/mol. The predicted octanol–water partition coefficient (Wildman–Crippen LogP) is -3.32. The van der Waals surface area contributed by atoms with E-state index in [1.807, 2.05) is 0 Å². The molecule has 3 aliphatic rings. The number of hydrogen-bond donors (Lipinski definition) is 8. The topological polar surface area (TPSA) is 284 Å². The van der Waals surface area contributed by atoms with Gasteiger partial charge in [0, 0.05) is 17.7 Å². The molecule has 0 aromatic heterocycles. The zero-order valence-electron chi connectivity index (χ0n) is 26.8. The Labute approximate surface area is 310 Å². The number of carbonyl (C=O) groups excluding carboxylic acids is 1. The average Bonchev–Trinajstić information content (AvgIpc) is 3.08. The van der Waals surface area contributed by atoms with E-state index in [1.54, 1.807) is 0 Å². The smallest absolute Gasteiger partial charge is 0.756 e. The molecule has 0 radical (unpaired) electrons. The molecule has 1 fully saturated rings. The molecule has 18 nitrogen and oxygen atoms in total. The standard InChI is InChI=1S/C31H33O18P.Na/c1-43-18-6-12(2-4-15(18)34)29-22(11-44-50(41,42)49-31-28(40)26(38)24(36)21(10-32)48-31)45-17-5-3-13(7-19(17)46-29)30-27(39)25(37)23-16(35)8-14(33)9-20(23)47-30;/h2-9,21-22,24,26-36,38-40H,10-11H2,1H3,(H,41,42);/q;+1/p-1/t21-,22+,24-,26+,27+,28+,29-,30-,31?;/m1./s1. The molecule has 0 aliphatic carbocycles. The Hall–Kier alpha value is -3.20. The van der Waals surface area contributed by atoms with E-state index in [9.17, 15) is 55.1 Å². The number of phosphoric acid groups is 1. The number of ketones is 1. The summed E-state index contributed by atoms with van der Waals surface area (Å²) in [4.78, 5) is 25.8. The van der Waals surface area contributed by atoms with Crippen LogP contribution in [0.4, 0.5) is 0 Å². The van der Waals surface area contributed by atoms with Crippen molar-refractivity contribution in [2.24, 2.45) is 0 Å². The van der Waals surface area contributed by atoms with Crippen molar-refractivity contribution in [3.8, 4) is 40.2 Å². The zero-order chi connectivity index (χ0) is 36.1. The van der Waals surface area contributed by atoms with E-state index >= 15 is 0 Å². The van der Waals surface area contributed by atoms with Crippen LogP contribution in [0.2, 0.25) is 0 Å². The largest absolute Gasteiger partial charge is 1.00 e. The number of fused-ring (bicyclic) bond motifs is 2. The maximum atomic E-state index is 13.0. The third-order valence-electron chi connectivity index (χ3n) is 8.30. The second-order valence-corrected chi connectivity index (χ2v) is 12.9. The van der Waals surface area contributed by atoms with Crippen molar-refractivity contribution in [3.05, 3.63) is 65.2 Å². The SMILES string of the molecule is COc1cc([C@H]2Oc3cc([C@H]4Oc5cc(O)cc(O)c5C(=O)[C@@H]4O)ccc3O[C@H]2COP(=O)([O-])OC2O[C@H](CO)[C@@H](O)[C@H](O)[C@@H]2O)ccc1O.[Na+]. The van der Waals surface area contributed by atoms with Crippen molar-refractivity contribution in [2.75, 3.05) is 20.3 Å². The Bertz CT molecular complexity index is 1810. The summed E-state index contributed by atoms with van der Waals surface area (Å²) < 4.78 is 51.1. The van der Waals surface area contributed by atoms with Gasteiger partial charge in [0.05, 0.1) is 20.3 Å². The van der Waals surface area contributed by atoms with Crippen molar-refractivity contribution in [1.29, 1.82) is 0 Å². The third-order valence-corrected chi connectivity index (χ3v) is 9.23. The summed E-state index contributed by atoms with van der Waals surface area (Å²) in [6.07, 6.45) is -14.7. The zero-order valence-corrected chi connectivity index (χ0v) is 29.7. The number of Topliss-reactive ketones (excluding diaryl/α,β-unsaturated/α-hetero) is 1. The summed E-state index contributed by atoms with van der Waals surface area (Å²) in [6, 6.07) is 10.4. The van der Waals surface area contributed by atoms with E-state index < -0.39 is 87.7 Å². The van der Waals surface area contributed by atoms with Crippen LogP contribution in [-0.4, -0.2) is 110 Å². The number of phenolic OH excluding ortho intramolecular Hbond substituents is 3. The van der Waals surface area contributed by atoms with Crippen LogP contribution < -0.4 is 53.4 Å². The van der Waals surface area contributed by atoms with Crippen LogP contribution >= 0.6 is 7.82 Å². The minimum atomic E-state index is -5.37. The van der Waals surface area contributed by atoms with Gasteiger partial charge in [-0.2, -0.15) is 0 Å². The van der Waals surface area contributed by atoms with Gasteiger partial charge in [-0.25, -0.2) is 0 Å². The van der Waals surface area contributed by atoms with Crippen molar-refractivity contribution in [1.82, 2.24) is 0 Å². The molecule has 6 rings (SSSR count). The van der Waals surface area contributed by atoms with E-state index in [1.165, 1.54) is 43.5 Å². The number of benzene rings is 3. The van der Waals surface area contributed by atoms with Gasteiger partial charge in [-0.3, -0.25) is 13.9 Å². The number of carbonyl (C=O) groups is 1. The Morgan fingerprint density at radius 1 is 0.804 bits per heavy atom.